The van der Waals surface area contributed by atoms with Crippen LogP contribution < -0.4 is 10.1 Å². The summed E-state index contributed by atoms with van der Waals surface area (Å²) in [5, 5.41) is 6.53. The third kappa shape index (κ3) is 5.51. The van der Waals surface area contributed by atoms with Gasteiger partial charge in [0.15, 0.2) is 5.82 Å². The number of hydrogen-bond acceptors (Lipinski definition) is 7. The van der Waals surface area contributed by atoms with E-state index in [1.54, 1.807) is 24.3 Å². The Morgan fingerprint density at radius 3 is 2.44 bits per heavy atom. The van der Waals surface area contributed by atoms with E-state index in [1.165, 1.54) is 7.11 Å². The molecule has 0 radical (unpaired) electrons. The lowest BCUT2D eigenvalue weighted by atomic mass is 9.87. The van der Waals surface area contributed by atoms with Crippen LogP contribution >= 0.6 is 0 Å². The van der Waals surface area contributed by atoms with Gasteiger partial charge in [-0.1, -0.05) is 35.5 Å². The molecule has 1 saturated carbocycles. The molecule has 8 nitrogen and oxygen atoms in total. The van der Waals surface area contributed by atoms with E-state index < -0.39 is 0 Å². The molecule has 2 aromatic carbocycles. The smallest absolute Gasteiger partial charge is 0.328 e. The second kappa shape index (κ2) is 10.1. The molecule has 1 aromatic heterocycles. The predicted molar refractivity (Wildman–Crippen MR) is 116 cm³/mol. The highest BCUT2D eigenvalue weighted by Crippen LogP contribution is 2.28. The van der Waals surface area contributed by atoms with Crippen LogP contribution in [0.1, 0.15) is 47.4 Å². The number of esters is 1. The maximum Gasteiger partial charge on any atom is 0.328 e. The van der Waals surface area contributed by atoms with Gasteiger partial charge in [0.05, 0.1) is 19.1 Å². The standard InChI is InChI=1S/C24H25N3O5/c1-30-23(29)18-9-13-20(14-10-18)31-19-11-7-17(8-12-19)22(28)26-24-25-21(27-32-24)15-16-5-3-2-4-6-16/h2-8,11-12,18,20H,9-10,13-15H2,1H3,(H,25,26,27,28)/t18-,20+. The van der Waals surface area contributed by atoms with Crippen molar-refractivity contribution in [1.82, 2.24) is 10.1 Å². The van der Waals surface area contributed by atoms with Crippen molar-refractivity contribution in [2.45, 2.75) is 38.2 Å². The fraction of sp³-hybridized carbons (Fsp3) is 0.333. The number of anilines is 1. The lowest BCUT2D eigenvalue weighted by Crippen LogP contribution is -2.28. The van der Waals surface area contributed by atoms with Crippen LogP contribution in [-0.4, -0.2) is 35.2 Å². The van der Waals surface area contributed by atoms with Crippen molar-refractivity contribution < 1.29 is 23.6 Å². The molecule has 0 saturated heterocycles. The summed E-state index contributed by atoms with van der Waals surface area (Å²) in [5.74, 6) is 0.657. The largest absolute Gasteiger partial charge is 0.490 e. The Kier molecular flexibility index (Phi) is 6.79. The van der Waals surface area contributed by atoms with Crippen LogP contribution in [0, 0.1) is 5.92 Å². The molecule has 1 aliphatic rings. The van der Waals surface area contributed by atoms with E-state index in [4.69, 9.17) is 14.0 Å². The summed E-state index contributed by atoms with van der Waals surface area (Å²) in [6, 6.07) is 16.7. The zero-order valence-corrected chi connectivity index (χ0v) is 17.8. The van der Waals surface area contributed by atoms with Gasteiger partial charge in [-0.25, -0.2) is 0 Å². The van der Waals surface area contributed by atoms with Gasteiger partial charge in [-0.15, -0.1) is 0 Å². The van der Waals surface area contributed by atoms with E-state index in [9.17, 15) is 9.59 Å². The van der Waals surface area contributed by atoms with Gasteiger partial charge in [0.2, 0.25) is 0 Å². The van der Waals surface area contributed by atoms with Crippen molar-refractivity contribution in [2.75, 3.05) is 12.4 Å². The summed E-state index contributed by atoms with van der Waals surface area (Å²) in [6.07, 6.45) is 3.68. The Bertz CT molecular complexity index is 1040. The Labute approximate surface area is 185 Å². The van der Waals surface area contributed by atoms with Crippen LogP contribution in [0.3, 0.4) is 0 Å². The number of carbonyl (C=O) groups excluding carboxylic acids is 2. The molecule has 1 N–H and O–H groups in total. The molecule has 166 valence electrons. The minimum absolute atomic E-state index is 0.0381. The SMILES string of the molecule is COC(=O)[C@H]1CC[C@@H](Oc2ccc(C(=O)Nc3nc(Cc4ccccc4)no3)cc2)CC1. The monoisotopic (exact) mass is 435 g/mol. The molecular weight excluding hydrogens is 410 g/mol. The van der Waals surface area contributed by atoms with Crippen LogP contribution in [0.5, 0.6) is 5.75 Å². The molecule has 0 aliphatic heterocycles. The summed E-state index contributed by atoms with van der Waals surface area (Å²) >= 11 is 0. The molecular formula is C24H25N3O5. The lowest BCUT2D eigenvalue weighted by Gasteiger charge is -2.27. The van der Waals surface area contributed by atoms with Gasteiger partial charge in [-0.2, -0.15) is 4.98 Å². The number of aromatic nitrogens is 2. The molecule has 1 amide bonds. The lowest BCUT2D eigenvalue weighted by molar-refractivity contribution is -0.147. The highest BCUT2D eigenvalue weighted by Gasteiger charge is 2.27. The average Bonchev–Trinajstić information content (AvgIpc) is 3.26. The fourth-order valence-electron chi connectivity index (χ4n) is 3.78. The minimum Gasteiger partial charge on any atom is -0.490 e. The summed E-state index contributed by atoms with van der Waals surface area (Å²) in [4.78, 5) is 28.3. The van der Waals surface area contributed by atoms with Crippen LogP contribution in [0.15, 0.2) is 59.1 Å². The van der Waals surface area contributed by atoms with Gasteiger partial charge < -0.3 is 14.0 Å². The van der Waals surface area contributed by atoms with E-state index in [0.29, 0.717) is 23.6 Å². The molecule has 8 heteroatoms. The molecule has 3 aromatic rings. The van der Waals surface area contributed by atoms with Crippen LogP contribution in [0.4, 0.5) is 6.01 Å². The van der Waals surface area contributed by atoms with Crippen molar-refractivity contribution in [3.63, 3.8) is 0 Å². The number of nitrogens with zero attached hydrogens (tertiary/aromatic N) is 2. The number of carbonyl (C=O) groups is 2. The first-order valence-electron chi connectivity index (χ1n) is 10.6. The zero-order valence-electron chi connectivity index (χ0n) is 17.8. The topological polar surface area (TPSA) is 104 Å². The Morgan fingerprint density at radius 1 is 1.03 bits per heavy atom. The average molecular weight is 435 g/mol. The van der Waals surface area contributed by atoms with E-state index in [1.807, 2.05) is 30.3 Å². The number of amides is 1. The van der Waals surface area contributed by atoms with E-state index >= 15 is 0 Å². The van der Waals surface area contributed by atoms with Crippen LogP contribution in [-0.2, 0) is 16.0 Å². The van der Waals surface area contributed by atoms with E-state index in [2.05, 4.69) is 15.5 Å². The van der Waals surface area contributed by atoms with Crippen molar-refractivity contribution in [2.24, 2.45) is 5.92 Å². The Hall–Kier alpha value is -3.68. The second-order valence-electron chi connectivity index (χ2n) is 7.77. The molecule has 32 heavy (non-hydrogen) atoms. The highest BCUT2D eigenvalue weighted by atomic mass is 16.5. The van der Waals surface area contributed by atoms with Crippen molar-refractivity contribution in [3.8, 4) is 5.75 Å². The Morgan fingerprint density at radius 2 is 1.75 bits per heavy atom. The number of ether oxygens (including phenoxy) is 2. The third-order valence-electron chi connectivity index (χ3n) is 5.52. The van der Waals surface area contributed by atoms with Crippen molar-refractivity contribution >= 4 is 17.9 Å². The molecule has 0 atom stereocenters. The number of methoxy groups -OCH3 is 1. The molecule has 0 unspecified atom stereocenters. The van der Waals surface area contributed by atoms with E-state index in [-0.39, 0.29) is 29.9 Å². The quantitative estimate of drug-likeness (QED) is 0.559. The van der Waals surface area contributed by atoms with Crippen molar-refractivity contribution in [1.29, 1.82) is 0 Å². The normalized spacial score (nSPS) is 18.0. The summed E-state index contributed by atoms with van der Waals surface area (Å²) in [7, 11) is 1.42. The summed E-state index contributed by atoms with van der Waals surface area (Å²) < 4.78 is 16.0. The van der Waals surface area contributed by atoms with Gasteiger partial charge in [-0.05, 0) is 55.5 Å². The fourth-order valence-corrected chi connectivity index (χ4v) is 3.78. The second-order valence-corrected chi connectivity index (χ2v) is 7.77. The van der Waals surface area contributed by atoms with Gasteiger partial charge in [-0.3, -0.25) is 14.9 Å². The molecule has 0 spiro atoms. The van der Waals surface area contributed by atoms with Gasteiger partial charge >= 0.3 is 12.0 Å². The third-order valence-corrected chi connectivity index (χ3v) is 5.52. The summed E-state index contributed by atoms with van der Waals surface area (Å²) in [6.45, 7) is 0. The van der Waals surface area contributed by atoms with Gasteiger partial charge in [0.1, 0.15) is 5.75 Å². The molecule has 4 rings (SSSR count). The van der Waals surface area contributed by atoms with Crippen molar-refractivity contribution in [3.05, 3.63) is 71.5 Å². The number of rotatable bonds is 7. The molecule has 0 bridgehead atoms. The van der Waals surface area contributed by atoms with Gasteiger partial charge in [0, 0.05) is 12.0 Å². The maximum absolute atomic E-state index is 12.5. The van der Waals surface area contributed by atoms with E-state index in [0.717, 1.165) is 31.2 Å². The predicted octanol–water partition coefficient (Wildman–Crippen LogP) is 4.02. The van der Waals surface area contributed by atoms with Crippen LogP contribution in [0.2, 0.25) is 0 Å². The molecule has 1 aliphatic carbocycles. The number of hydrogen-bond donors (Lipinski definition) is 1. The first kappa shape index (κ1) is 21.5. The maximum atomic E-state index is 12.5. The number of nitrogens with one attached hydrogen (secondary N) is 1. The Balaban J connectivity index is 1.28. The van der Waals surface area contributed by atoms with Crippen LogP contribution in [0.25, 0.3) is 0 Å². The molecule has 1 heterocycles. The first-order valence-corrected chi connectivity index (χ1v) is 10.6. The first-order chi connectivity index (χ1) is 15.6. The summed E-state index contributed by atoms with van der Waals surface area (Å²) in [5.41, 5.74) is 1.51. The minimum atomic E-state index is -0.343. The van der Waals surface area contributed by atoms with Gasteiger partial charge in [0.25, 0.3) is 5.91 Å². The zero-order chi connectivity index (χ0) is 22.3. The molecule has 1 fully saturated rings. The highest BCUT2D eigenvalue weighted by molar-refractivity contribution is 6.03. The number of benzene rings is 2.